The molecule has 0 bridgehead atoms. The molecule has 2 nitrogen and oxygen atoms in total. The highest BCUT2D eigenvalue weighted by Gasteiger charge is 2.24. The number of rotatable bonds is 2. The second kappa shape index (κ2) is 5.99. The largest absolute Gasteiger partial charge is 0.344 e. The number of aryl methyl sites for hydroxylation is 1. The zero-order valence-corrected chi connectivity index (χ0v) is 14.1. The van der Waals surface area contributed by atoms with Crippen LogP contribution in [0.1, 0.15) is 39.7 Å². The van der Waals surface area contributed by atoms with Crippen molar-refractivity contribution in [1.82, 2.24) is 5.32 Å². The van der Waals surface area contributed by atoms with Crippen molar-refractivity contribution in [2.75, 3.05) is 0 Å². The minimum Gasteiger partial charge on any atom is -0.344 e. The smallest absolute Gasteiger partial charge is 0.263 e. The molecule has 0 saturated carbocycles. The van der Waals surface area contributed by atoms with E-state index >= 15 is 0 Å². The molecule has 0 radical (unpaired) electrons. The Morgan fingerprint density at radius 3 is 2.78 bits per heavy atom. The Balaban J connectivity index is 1.64. The van der Waals surface area contributed by atoms with Gasteiger partial charge in [-0.15, -0.1) is 11.3 Å². The van der Waals surface area contributed by atoms with Crippen molar-refractivity contribution in [3.05, 3.63) is 69.6 Å². The van der Waals surface area contributed by atoms with Gasteiger partial charge < -0.3 is 5.32 Å². The fourth-order valence-corrected chi connectivity index (χ4v) is 4.71. The second-order valence-corrected chi connectivity index (χ2v) is 7.29. The number of benzene rings is 2. The maximum atomic E-state index is 12.7. The van der Waals surface area contributed by atoms with Crippen molar-refractivity contribution in [2.24, 2.45) is 0 Å². The molecular weight excluding hydrogens is 326 g/mol. The lowest BCUT2D eigenvalue weighted by Gasteiger charge is -2.26. The molecule has 1 N–H and O–H groups in total. The maximum absolute atomic E-state index is 12.7. The molecule has 1 aliphatic rings. The van der Waals surface area contributed by atoms with Gasteiger partial charge in [0, 0.05) is 10.1 Å². The number of nitrogens with one attached hydrogen (secondary N) is 1. The second-order valence-electron chi connectivity index (χ2n) is 5.86. The van der Waals surface area contributed by atoms with Crippen LogP contribution in [0.4, 0.5) is 0 Å². The summed E-state index contributed by atoms with van der Waals surface area (Å²) in [5.41, 5.74) is 2.58. The van der Waals surface area contributed by atoms with E-state index in [1.807, 2.05) is 30.3 Å². The van der Waals surface area contributed by atoms with Crippen LogP contribution in [0, 0.1) is 0 Å². The Labute approximate surface area is 144 Å². The zero-order valence-electron chi connectivity index (χ0n) is 12.5. The first-order valence-corrected chi connectivity index (χ1v) is 8.99. The van der Waals surface area contributed by atoms with E-state index in [0.717, 1.165) is 29.3 Å². The van der Waals surface area contributed by atoms with Crippen LogP contribution in [0.2, 0.25) is 5.02 Å². The van der Waals surface area contributed by atoms with Gasteiger partial charge in [-0.3, -0.25) is 4.79 Å². The first-order valence-electron chi connectivity index (χ1n) is 7.80. The lowest BCUT2D eigenvalue weighted by Crippen LogP contribution is -2.30. The Morgan fingerprint density at radius 2 is 1.91 bits per heavy atom. The normalized spacial score (nSPS) is 17.0. The van der Waals surface area contributed by atoms with E-state index in [9.17, 15) is 4.79 Å². The third-order valence-corrected chi connectivity index (χ3v) is 6.09. The molecule has 1 atom stereocenters. The van der Waals surface area contributed by atoms with Gasteiger partial charge in [0.25, 0.3) is 5.91 Å². The van der Waals surface area contributed by atoms with Crippen LogP contribution in [0.5, 0.6) is 0 Å². The maximum Gasteiger partial charge on any atom is 0.263 e. The van der Waals surface area contributed by atoms with Crippen LogP contribution in [-0.4, -0.2) is 5.91 Å². The fraction of sp³-hybridized carbons (Fsp3) is 0.211. The third kappa shape index (κ3) is 2.64. The Bertz CT molecular complexity index is 886. The van der Waals surface area contributed by atoms with Gasteiger partial charge in [0.1, 0.15) is 4.88 Å². The van der Waals surface area contributed by atoms with Gasteiger partial charge in [-0.1, -0.05) is 54.1 Å². The molecule has 2 aromatic carbocycles. The Morgan fingerprint density at radius 1 is 1.13 bits per heavy atom. The number of amides is 1. The molecule has 0 fully saturated rings. The first kappa shape index (κ1) is 14.7. The summed E-state index contributed by atoms with van der Waals surface area (Å²) in [5, 5.41) is 4.69. The summed E-state index contributed by atoms with van der Waals surface area (Å²) < 4.78 is 1.05. The van der Waals surface area contributed by atoms with Gasteiger partial charge in [-0.2, -0.15) is 0 Å². The standard InChI is InChI=1S/C19H16ClNOS/c20-17-14-9-3-4-11-16(14)23-18(17)19(22)21-15-10-5-7-12-6-1-2-8-13(12)15/h1-4,6,8-9,11,15H,5,7,10H2,(H,21,22). The van der Waals surface area contributed by atoms with Gasteiger partial charge in [0.2, 0.25) is 0 Å². The van der Waals surface area contributed by atoms with Crippen LogP contribution in [-0.2, 0) is 6.42 Å². The summed E-state index contributed by atoms with van der Waals surface area (Å²) >= 11 is 7.88. The summed E-state index contributed by atoms with van der Waals surface area (Å²) in [7, 11) is 0. The highest BCUT2D eigenvalue weighted by molar-refractivity contribution is 7.21. The number of halogens is 1. The van der Waals surface area contributed by atoms with Gasteiger partial charge in [-0.25, -0.2) is 0 Å². The van der Waals surface area contributed by atoms with E-state index in [1.54, 1.807) is 0 Å². The number of thiophene rings is 1. The predicted octanol–water partition coefficient (Wildman–Crippen LogP) is 5.36. The molecule has 3 aromatic rings. The average molecular weight is 342 g/mol. The van der Waals surface area contributed by atoms with Crippen molar-refractivity contribution in [3.63, 3.8) is 0 Å². The van der Waals surface area contributed by atoms with Gasteiger partial charge in [0.05, 0.1) is 11.1 Å². The molecule has 0 spiro atoms. The van der Waals surface area contributed by atoms with Crippen molar-refractivity contribution >= 4 is 38.9 Å². The number of hydrogen-bond acceptors (Lipinski definition) is 2. The van der Waals surface area contributed by atoms with Crippen LogP contribution in [0.3, 0.4) is 0 Å². The summed E-state index contributed by atoms with van der Waals surface area (Å²) in [6.07, 6.45) is 3.17. The number of hydrogen-bond donors (Lipinski definition) is 1. The molecule has 1 unspecified atom stereocenters. The number of carbonyl (C=O) groups is 1. The molecule has 0 aliphatic heterocycles. The summed E-state index contributed by atoms with van der Waals surface area (Å²) in [6.45, 7) is 0. The minimum atomic E-state index is -0.0714. The van der Waals surface area contributed by atoms with Crippen LogP contribution < -0.4 is 5.32 Å². The number of carbonyl (C=O) groups excluding carboxylic acids is 1. The molecule has 23 heavy (non-hydrogen) atoms. The lowest BCUT2D eigenvalue weighted by atomic mass is 9.88. The van der Waals surface area contributed by atoms with E-state index in [-0.39, 0.29) is 11.9 Å². The third-order valence-electron chi connectivity index (χ3n) is 4.42. The minimum absolute atomic E-state index is 0.0714. The van der Waals surface area contributed by atoms with E-state index in [4.69, 9.17) is 11.6 Å². The molecule has 1 heterocycles. The van der Waals surface area contributed by atoms with Gasteiger partial charge in [0.15, 0.2) is 0 Å². The zero-order chi connectivity index (χ0) is 15.8. The molecule has 0 saturated heterocycles. The van der Waals surface area contributed by atoms with Crippen molar-refractivity contribution in [3.8, 4) is 0 Å². The lowest BCUT2D eigenvalue weighted by molar-refractivity contribution is 0.0937. The Hall–Kier alpha value is -1.84. The van der Waals surface area contributed by atoms with Crippen molar-refractivity contribution in [1.29, 1.82) is 0 Å². The molecule has 4 rings (SSSR count). The average Bonchev–Trinajstić information content (AvgIpc) is 2.93. The first-order chi connectivity index (χ1) is 11.2. The van der Waals surface area contributed by atoms with Gasteiger partial charge >= 0.3 is 0 Å². The van der Waals surface area contributed by atoms with E-state index in [0.29, 0.717) is 9.90 Å². The fourth-order valence-electron chi connectivity index (χ4n) is 3.29. The monoisotopic (exact) mass is 341 g/mol. The quantitative estimate of drug-likeness (QED) is 0.667. The molecule has 116 valence electrons. The van der Waals surface area contributed by atoms with Crippen LogP contribution in [0.15, 0.2) is 48.5 Å². The van der Waals surface area contributed by atoms with Crippen LogP contribution in [0.25, 0.3) is 10.1 Å². The van der Waals surface area contributed by atoms with Crippen molar-refractivity contribution in [2.45, 2.75) is 25.3 Å². The number of fused-ring (bicyclic) bond motifs is 2. The van der Waals surface area contributed by atoms with E-state index in [1.165, 1.54) is 22.5 Å². The Kier molecular flexibility index (Phi) is 3.83. The predicted molar refractivity (Wildman–Crippen MR) is 96.4 cm³/mol. The SMILES string of the molecule is O=C(NC1CCCc2ccccc21)c1sc2ccccc2c1Cl. The summed E-state index contributed by atoms with van der Waals surface area (Å²) in [5.74, 6) is -0.0714. The molecule has 1 aromatic heterocycles. The topological polar surface area (TPSA) is 29.1 Å². The molecule has 1 amide bonds. The molecular formula is C19H16ClNOS. The molecule has 1 aliphatic carbocycles. The molecule has 4 heteroatoms. The highest BCUT2D eigenvalue weighted by atomic mass is 35.5. The van der Waals surface area contributed by atoms with E-state index in [2.05, 4.69) is 23.5 Å². The van der Waals surface area contributed by atoms with Crippen LogP contribution >= 0.6 is 22.9 Å². The van der Waals surface area contributed by atoms with E-state index < -0.39 is 0 Å². The summed E-state index contributed by atoms with van der Waals surface area (Å²) in [4.78, 5) is 13.3. The highest BCUT2D eigenvalue weighted by Crippen LogP contribution is 2.36. The summed E-state index contributed by atoms with van der Waals surface area (Å²) in [6, 6.07) is 16.3. The van der Waals surface area contributed by atoms with Crippen molar-refractivity contribution < 1.29 is 4.79 Å². The van der Waals surface area contributed by atoms with Gasteiger partial charge in [-0.05, 0) is 36.5 Å².